The maximum Gasteiger partial charge on any atom is 0.320 e. The van der Waals surface area contributed by atoms with Crippen LogP contribution < -0.4 is 32.3 Å². The number of hydrogen-bond acceptors (Lipinski definition) is 13. The van der Waals surface area contributed by atoms with Gasteiger partial charge in [0, 0.05) is 56.6 Å². The number of aliphatic hydroxyl groups excluding tert-OH is 1. The minimum absolute atomic E-state index is 0.00363. The number of fused-ring (bicyclic) bond motifs is 1. The largest absolute Gasteiger partial charge is 0.480 e. The number of rotatable bonds is 25. The molecule has 3 unspecified atom stereocenters. The van der Waals surface area contributed by atoms with Gasteiger partial charge < -0.3 is 47.4 Å². The lowest BCUT2D eigenvalue weighted by Crippen LogP contribution is -2.45. The minimum Gasteiger partial charge on any atom is -0.480 e. The zero-order valence-corrected chi connectivity index (χ0v) is 30.9. The monoisotopic (exact) mass is 724 g/mol. The van der Waals surface area contributed by atoms with E-state index in [9.17, 15) is 14.7 Å². The highest BCUT2D eigenvalue weighted by Gasteiger charge is 2.23. The second-order valence-corrected chi connectivity index (χ2v) is 13.7. The Morgan fingerprint density at radius 2 is 1.85 bits per heavy atom. The topological polar surface area (TPSA) is 220 Å². The number of carbonyl (C=O) groups excluding carboxylic acids is 1. The number of anilines is 2. The van der Waals surface area contributed by atoms with Crippen LogP contribution >= 0.6 is 0 Å². The van der Waals surface area contributed by atoms with Crippen molar-refractivity contribution in [2.75, 3.05) is 56.4 Å². The number of amides is 1. The van der Waals surface area contributed by atoms with Gasteiger partial charge in [-0.25, -0.2) is 4.98 Å². The summed E-state index contributed by atoms with van der Waals surface area (Å²) in [6.07, 6.45) is 8.77. The van der Waals surface area contributed by atoms with E-state index in [0.717, 1.165) is 87.4 Å². The second kappa shape index (κ2) is 22.2. The lowest BCUT2D eigenvalue weighted by molar-refractivity contribution is -0.138. The third-order valence-electron chi connectivity index (χ3n) is 9.38. The van der Waals surface area contributed by atoms with Crippen molar-refractivity contribution in [1.29, 1.82) is 0 Å². The van der Waals surface area contributed by atoms with E-state index in [1.165, 1.54) is 19.3 Å². The number of benzene rings is 1. The number of aliphatic hydroxyl groups is 1. The van der Waals surface area contributed by atoms with Gasteiger partial charge in [-0.15, -0.1) is 5.10 Å². The summed E-state index contributed by atoms with van der Waals surface area (Å²) in [6.45, 7) is 10.8. The van der Waals surface area contributed by atoms with Crippen molar-refractivity contribution in [2.24, 2.45) is 5.73 Å². The molecule has 1 aliphatic heterocycles. The van der Waals surface area contributed by atoms with E-state index in [1.54, 1.807) is 0 Å². The Morgan fingerprint density at radius 1 is 1.06 bits per heavy atom. The molecular formula is C36H60N12O4. The van der Waals surface area contributed by atoms with Crippen LogP contribution in [0.5, 0.6) is 0 Å². The smallest absolute Gasteiger partial charge is 0.320 e. The van der Waals surface area contributed by atoms with Crippen LogP contribution in [0.1, 0.15) is 77.3 Å². The molecule has 52 heavy (non-hydrogen) atoms. The molecule has 1 aromatic carbocycles. The molecule has 0 saturated carbocycles. The molecule has 288 valence electrons. The Labute approximate surface area is 307 Å². The number of β-amino-alcohol motifs (C(OH)–C–C–N with tert-alkyl or cyclic N) is 1. The number of likely N-dealkylation sites (tertiary alicyclic amines) is 1. The van der Waals surface area contributed by atoms with Crippen molar-refractivity contribution in [3.05, 3.63) is 36.2 Å². The second-order valence-electron chi connectivity index (χ2n) is 13.7. The predicted octanol–water partition coefficient (Wildman–Crippen LogP) is 1.92. The summed E-state index contributed by atoms with van der Waals surface area (Å²) in [5.41, 5.74) is 7.12. The molecule has 1 aliphatic rings. The van der Waals surface area contributed by atoms with Crippen molar-refractivity contribution in [2.45, 2.75) is 109 Å². The van der Waals surface area contributed by atoms with E-state index in [1.807, 2.05) is 35.1 Å². The molecular weight excluding hydrogens is 664 g/mol. The van der Waals surface area contributed by atoms with Crippen LogP contribution in [0, 0.1) is 0 Å². The van der Waals surface area contributed by atoms with Gasteiger partial charge in [-0.2, -0.15) is 4.98 Å². The van der Waals surface area contributed by atoms with Crippen LogP contribution in [0.15, 0.2) is 30.5 Å². The maximum absolute atomic E-state index is 12.0. The van der Waals surface area contributed by atoms with Gasteiger partial charge in [-0.1, -0.05) is 37.6 Å². The Balaban J connectivity index is 1.17. The fourth-order valence-electron chi connectivity index (χ4n) is 6.32. The molecule has 1 saturated heterocycles. The van der Waals surface area contributed by atoms with Gasteiger partial charge in [0.2, 0.25) is 11.9 Å². The summed E-state index contributed by atoms with van der Waals surface area (Å²) in [5, 5.41) is 45.8. The highest BCUT2D eigenvalue weighted by molar-refractivity contribution is 5.90. The summed E-state index contributed by atoms with van der Waals surface area (Å²) in [7, 11) is 0. The van der Waals surface area contributed by atoms with Crippen LogP contribution in [-0.2, 0) is 22.7 Å². The lowest BCUT2D eigenvalue weighted by Gasteiger charge is -2.34. The molecule has 0 radical (unpaired) electrons. The number of nitrogens with one attached hydrogen (secondary N) is 5. The Kier molecular flexibility index (Phi) is 17.4. The van der Waals surface area contributed by atoms with Crippen molar-refractivity contribution >= 4 is 34.5 Å². The molecule has 0 bridgehead atoms. The first-order valence-electron chi connectivity index (χ1n) is 19.0. The number of carboxylic acids is 1. The van der Waals surface area contributed by atoms with E-state index in [2.05, 4.69) is 55.6 Å². The standard InChI is InChI=1S/C36H60N12O4/c1-3-9-26(4-2)39-18-7-16-38-17-8-19-48-24-28(45-46-48)22-41-36-43-32-11-6-5-10-30(32)34(44-36)42-27-14-20-47(21-15-27)25-29(49)23-40-33(50)13-12-31(37)35(51)52/h5-6,10-11,24,26-27,29,31,38-39,49H,3-4,7-9,12-23,25,37H2,1-2H3,(H,40,50)(H,51,52)(H2,41,42,43,44). The van der Waals surface area contributed by atoms with Crippen molar-refractivity contribution < 1.29 is 19.8 Å². The lowest BCUT2D eigenvalue weighted by atomic mass is 10.0. The molecule has 0 spiro atoms. The van der Waals surface area contributed by atoms with Gasteiger partial charge in [0.15, 0.2) is 0 Å². The quantitative estimate of drug-likeness (QED) is 0.0586. The fourth-order valence-corrected chi connectivity index (χ4v) is 6.32. The SMILES string of the molecule is CCCC(CC)NCCCNCCCn1cc(CNc2nc(NC3CCN(CC(O)CNC(=O)CCC(N)C(=O)O)CC3)c3ccccc3n2)nn1. The van der Waals surface area contributed by atoms with Crippen LogP contribution in [0.3, 0.4) is 0 Å². The minimum atomic E-state index is -1.13. The van der Waals surface area contributed by atoms with Crippen molar-refractivity contribution in [3.63, 3.8) is 0 Å². The Bertz CT molecular complexity index is 1500. The average molecular weight is 725 g/mol. The number of carboxylic acid groups (broad SMARTS) is 1. The highest BCUT2D eigenvalue weighted by atomic mass is 16.4. The summed E-state index contributed by atoms with van der Waals surface area (Å²) in [6, 6.07) is 7.70. The summed E-state index contributed by atoms with van der Waals surface area (Å²) in [4.78, 5) is 34.6. The molecule has 16 heteroatoms. The average Bonchev–Trinajstić information content (AvgIpc) is 3.61. The van der Waals surface area contributed by atoms with Crippen LogP contribution in [0.2, 0.25) is 0 Å². The molecule has 1 amide bonds. The van der Waals surface area contributed by atoms with Gasteiger partial charge in [0.25, 0.3) is 0 Å². The van der Waals surface area contributed by atoms with Crippen molar-refractivity contribution in [1.82, 2.24) is 45.8 Å². The molecule has 4 rings (SSSR count). The molecule has 16 nitrogen and oxygen atoms in total. The van der Waals surface area contributed by atoms with Crippen LogP contribution in [0.4, 0.5) is 11.8 Å². The molecule has 1 fully saturated rings. The fraction of sp³-hybridized carbons (Fsp3) is 0.667. The Hall–Kier alpha value is -3.96. The van der Waals surface area contributed by atoms with Gasteiger partial charge >= 0.3 is 5.97 Å². The van der Waals surface area contributed by atoms with Gasteiger partial charge in [-0.05, 0) is 76.7 Å². The van der Waals surface area contributed by atoms with E-state index in [-0.39, 0.29) is 31.3 Å². The first-order valence-corrected chi connectivity index (χ1v) is 19.0. The molecule has 3 heterocycles. The predicted molar refractivity (Wildman–Crippen MR) is 203 cm³/mol. The first kappa shape index (κ1) is 40.8. The Morgan fingerprint density at radius 3 is 2.62 bits per heavy atom. The number of hydrogen-bond donors (Lipinski definition) is 8. The first-order chi connectivity index (χ1) is 25.2. The number of nitrogens with zero attached hydrogens (tertiary/aromatic N) is 6. The number of aliphatic carboxylic acids is 1. The highest BCUT2D eigenvalue weighted by Crippen LogP contribution is 2.25. The van der Waals surface area contributed by atoms with Gasteiger partial charge in [-0.3, -0.25) is 14.3 Å². The molecule has 3 atom stereocenters. The van der Waals surface area contributed by atoms with Gasteiger partial charge in [0.1, 0.15) is 17.6 Å². The van der Waals surface area contributed by atoms with E-state index < -0.39 is 18.1 Å². The molecule has 3 aromatic rings. The number of aryl methyl sites for hydroxylation is 1. The van der Waals surface area contributed by atoms with Gasteiger partial charge in [0.05, 0.1) is 24.4 Å². The summed E-state index contributed by atoms with van der Waals surface area (Å²) >= 11 is 0. The summed E-state index contributed by atoms with van der Waals surface area (Å²) in [5.74, 6) is -0.169. The number of nitrogens with two attached hydrogens (primary N) is 1. The number of para-hydroxylation sites is 1. The van der Waals surface area contributed by atoms with E-state index in [0.29, 0.717) is 25.1 Å². The van der Waals surface area contributed by atoms with E-state index >= 15 is 0 Å². The van der Waals surface area contributed by atoms with Crippen LogP contribution in [-0.4, -0.2) is 122 Å². The third-order valence-corrected chi connectivity index (χ3v) is 9.38. The summed E-state index contributed by atoms with van der Waals surface area (Å²) < 4.78 is 1.88. The maximum atomic E-state index is 12.0. The number of piperidine rings is 1. The zero-order chi connectivity index (χ0) is 37.1. The molecule has 0 aliphatic carbocycles. The number of carbonyl (C=O) groups is 2. The van der Waals surface area contributed by atoms with E-state index in [4.69, 9.17) is 20.8 Å². The number of aromatic nitrogens is 5. The van der Waals surface area contributed by atoms with Crippen molar-refractivity contribution in [3.8, 4) is 0 Å². The van der Waals surface area contributed by atoms with Crippen LogP contribution in [0.25, 0.3) is 10.9 Å². The molecule has 9 N–H and O–H groups in total. The third kappa shape index (κ3) is 14.2. The molecule has 2 aromatic heterocycles. The zero-order valence-electron chi connectivity index (χ0n) is 30.9. The normalized spacial score (nSPS) is 15.7.